The van der Waals surface area contributed by atoms with Crippen LogP contribution < -0.4 is 10.2 Å². The van der Waals surface area contributed by atoms with Crippen molar-refractivity contribution in [3.05, 3.63) is 29.8 Å². The van der Waals surface area contributed by atoms with Gasteiger partial charge in [0.1, 0.15) is 0 Å². The summed E-state index contributed by atoms with van der Waals surface area (Å²) in [5, 5.41) is 11.6. The molecular weight excluding hydrogens is 220 g/mol. The van der Waals surface area contributed by atoms with Crippen LogP contribution >= 0.6 is 0 Å². The first-order valence-corrected chi connectivity index (χ1v) is 5.47. The van der Waals surface area contributed by atoms with Gasteiger partial charge in [-0.05, 0) is 24.6 Å². The summed E-state index contributed by atoms with van der Waals surface area (Å²) < 4.78 is 0. The van der Waals surface area contributed by atoms with Crippen molar-refractivity contribution in [2.24, 2.45) is 0 Å². The molecule has 1 aromatic carbocycles. The summed E-state index contributed by atoms with van der Waals surface area (Å²) in [6.45, 7) is 2.93. The number of carbonyl (C=O) groups excluding carboxylic acids is 1. The Bertz CT molecular complexity index is 442. The number of anilines is 1. The zero-order chi connectivity index (χ0) is 12.4. The Kier molecular flexibility index (Phi) is 2.99. The highest BCUT2D eigenvalue weighted by Crippen LogP contribution is 2.21. The van der Waals surface area contributed by atoms with Gasteiger partial charge < -0.3 is 10.4 Å². The van der Waals surface area contributed by atoms with Crippen LogP contribution in [0.25, 0.3) is 0 Å². The lowest BCUT2D eigenvalue weighted by molar-refractivity contribution is -0.138. The number of carboxylic acids is 1. The molecule has 0 saturated carbocycles. The van der Waals surface area contributed by atoms with Crippen LogP contribution in [0.2, 0.25) is 0 Å². The first-order valence-electron chi connectivity index (χ1n) is 5.47. The van der Waals surface area contributed by atoms with E-state index in [-0.39, 0.29) is 6.03 Å². The van der Waals surface area contributed by atoms with Gasteiger partial charge in [0.05, 0.1) is 5.92 Å². The van der Waals surface area contributed by atoms with E-state index < -0.39 is 11.9 Å². The SMILES string of the molecule is C[C@@H](C(=O)O)c1ccc(N2CCNC2=O)cc1. The second-order valence-electron chi connectivity index (χ2n) is 4.04. The first kappa shape index (κ1) is 11.4. The number of urea groups is 1. The van der Waals surface area contributed by atoms with Gasteiger partial charge in [-0.1, -0.05) is 12.1 Å². The molecule has 0 unspecified atom stereocenters. The van der Waals surface area contributed by atoms with Crippen LogP contribution in [-0.2, 0) is 4.79 Å². The second kappa shape index (κ2) is 4.45. The van der Waals surface area contributed by atoms with Crippen LogP contribution in [-0.4, -0.2) is 30.2 Å². The minimum atomic E-state index is -0.850. The van der Waals surface area contributed by atoms with Crippen molar-refractivity contribution in [2.75, 3.05) is 18.0 Å². The molecule has 5 heteroatoms. The van der Waals surface area contributed by atoms with Gasteiger partial charge in [0.25, 0.3) is 0 Å². The van der Waals surface area contributed by atoms with Crippen LogP contribution in [0, 0.1) is 0 Å². The predicted molar refractivity (Wildman–Crippen MR) is 63.2 cm³/mol. The van der Waals surface area contributed by atoms with Crippen molar-refractivity contribution in [2.45, 2.75) is 12.8 Å². The van der Waals surface area contributed by atoms with Gasteiger partial charge in [-0.15, -0.1) is 0 Å². The smallest absolute Gasteiger partial charge is 0.321 e. The standard InChI is InChI=1S/C12H14N2O3/c1-8(11(15)16)9-2-4-10(5-3-9)14-7-6-13-12(14)17/h2-5,8H,6-7H2,1H3,(H,13,17)(H,15,16)/t8-/m1/s1. The topological polar surface area (TPSA) is 69.6 Å². The molecule has 0 radical (unpaired) electrons. The Balaban J connectivity index is 2.18. The van der Waals surface area contributed by atoms with Crippen molar-refractivity contribution >= 4 is 17.7 Å². The van der Waals surface area contributed by atoms with E-state index in [2.05, 4.69) is 5.32 Å². The minimum absolute atomic E-state index is 0.107. The Morgan fingerprint density at radius 1 is 1.41 bits per heavy atom. The van der Waals surface area contributed by atoms with E-state index in [0.29, 0.717) is 13.1 Å². The van der Waals surface area contributed by atoms with E-state index in [1.54, 1.807) is 36.1 Å². The third-order valence-corrected chi connectivity index (χ3v) is 2.93. The van der Waals surface area contributed by atoms with Crippen LogP contribution in [0.15, 0.2) is 24.3 Å². The number of aliphatic carboxylic acids is 1. The third kappa shape index (κ3) is 2.22. The maximum atomic E-state index is 11.4. The number of carboxylic acid groups (broad SMARTS) is 1. The molecule has 0 aromatic heterocycles. The summed E-state index contributed by atoms with van der Waals surface area (Å²) in [5.74, 6) is -1.38. The quantitative estimate of drug-likeness (QED) is 0.830. The van der Waals surface area contributed by atoms with Gasteiger partial charge in [-0.2, -0.15) is 0 Å². The number of carbonyl (C=O) groups is 2. The molecule has 1 saturated heterocycles. The van der Waals surface area contributed by atoms with Crippen LogP contribution in [0.3, 0.4) is 0 Å². The highest BCUT2D eigenvalue weighted by atomic mass is 16.4. The lowest BCUT2D eigenvalue weighted by atomic mass is 10.0. The van der Waals surface area contributed by atoms with E-state index in [1.165, 1.54) is 0 Å². The van der Waals surface area contributed by atoms with E-state index in [0.717, 1.165) is 11.3 Å². The van der Waals surface area contributed by atoms with Gasteiger partial charge in [0.15, 0.2) is 0 Å². The number of hydrogen-bond acceptors (Lipinski definition) is 2. The highest BCUT2D eigenvalue weighted by molar-refractivity contribution is 5.94. The zero-order valence-corrected chi connectivity index (χ0v) is 9.51. The van der Waals surface area contributed by atoms with Crippen molar-refractivity contribution in [3.8, 4) is 0 Å². The van der Waals surface area contributed by atoms with Gasteiger partial charge in [0.2, 0.25) is 0 Å². The lowest BCUT2D eigenvalue weighted by Gasteiger charge is -2.15. The predicted octanol–water partition coefficient (Wildman–Crippen LogP) is 1.40. The third-order valence-electron chi connectivity index (χ3n) is 2.93. The van der Waals surface area contributed by atoms with E-state index >= 15 is 0 Å². The second-order valence-corrected chi connectivity index (χ2v) is 4.04. The average molecular weight is 234 g/mol. The molecule has 1 aliphatic rings. The molecule has 2 amide bonds. The Morgan fingerprint density at radius 2 is 2.06 bits per heavy atom. The number of hydrogen-bond donors (Lipinski definition) is 2. The summed E-state index contributed by atoms with van der Waals surface area (Å²) >= 11 is 0. The molecule has 1 heterocycles. The molecule has 1 atom stereocenters. The highest BCUT2D eigenvalue weighted by Gasteiger charge is 2.21. The molecule has 0 bridgehead atoms. The Morgan fingerprint density at radius 3 is 2.53 bits per heavy atom. The maximum Gasteiger partial charge on any atom is 0.321 e. The molecular formula is C12H14N2O3. The van der Waals surface area contributed by atoms with Gasteiger partial charge in [-0.25, -0.2) is 4.79 Å². The molecule has 5 nitrogen and oxygen atoms in total. The molecule has 17 heavy (non-hydrogen) atoms. The molecule has 2 rings (SSSR count). The fourth-order valence-corrected chi connectivity index (χ4v) is 1.80. The molecule has 1 aromatic rings. The average Bonchev–Trinajstić information content (AvgIpc) is 2.74. The monoisotopic (exact) mass is 234 g/mol. The normalized spacial score (nSPS) is 16.8. The molecule has 2 N–H and O–H groups in total. The van der Waals surface area contributed by atoms with Gasteiger partial charge in [-0.3, -0.25) is 9.69 Å². The van der Waals surface area contributed by atoms with Crippen LogP contribution in [0.1, 0.15) is 18.4 Å². The Labute approximate surface area is 99.0 Å². The Hall–Kier alpha value is -2.04. The number of benzene rings is 1. The molecule has 0 spiro atoms. The van der Waals surface area contributed by atoms with E-state index in [9.17, 15) is 9.59 Å². The first-order chi connectivity index (χ1) is 8.09. The van der Waals surface area contributed by atoms with Crippen LogP contribution in [0.4, 0.5) is 10.5 Å². The van der Waals surface area contributed by atoms with Gasteiger partial charge >= 0.3 is 12.0 Å². The summed E-state index contributed by atoms with van der Waals surface area (Å²) in [4.78, 5) is 23.9. The van der Waals surface area contributed by atoms with Crippen molar-refractivity contribution in [1.29, 1.82) is 0 Å². The van der Waals surface area contributed by atoms with Crippen molar-refractivity contribution < 1.29 is 14.7 Å². The number of nitrogens with one attached hydrogen (secondary N) is 1. The van der Waals surface area contributed by atoms with Crippen LogP contribution in [0.5, 0.6) is 0 Å². The maximum absolute atomic E-state index is 11.4. The molecule has 1 aliphatic heterocycles. The van der Waals surface area contributed by atoms with Gasteiger partial charge in [0, 0.05) is 18.8 Å². The molecule has 1 fully saturated rings. The van der Waals surface area contributed by atoms with Crippen molar-refractivity contribution in [3.63, 3.8) is 0 Å². The zero-order valence-electron chi connectivity index (χ0n) is 9.51. The number of nitrogens with zero attached hydrogens (tertiary/aromatic N) is 1. The summed E-state index contributed by atoms with van der Waals surface area (Å²) in [7, 11) is 0. The summed E-state index contributed by atoms with van der Waals surface area (Å²) in [6.07, 6.45) is 0. The summed E-state index contributed by atoms with van der Waals surface area (Å²) in [5.41, 5.74) is 1.53. The van der Waals surface area contributed by atoms with Crippen molar-refractivity contribution in [1.82, 2.24) is 5.32 Å². The van der Waals surface area contributed by atoms with E-state index in [4.69, 9.17) is 5.11 Å². The lowest BCUT2D eigenvalue weighted by Crippen LogP contribution is -2.27. The summed E-state index contributed by atoms with van der Waals surface area (Å²) in [6, 6.07) is 6.95. The molecule has 0 aliphatic carbocycles. The minimum Gasteiger partial charge on any atom is -0.481 e. The number of amides is 2. The fourth-order valence-electron chi connectivity index (χ4n) is 1.80. The molecule has 90 valence electrons. The fraction of sp³-hybridized carbons (Fsp3) is 0.333. The van der Waals surface area contributed by atoms with E-state index in [1.807, 2.05) is 0 Å². The number of rotatable bonds is 3. The largest absolute Gasteiger partial charge is 0.481 e.